The lowest BCUT2D eigenvalue weighted by atomic mass is 9.68. The molecule has 2 saturated heterocycles. The molecule has 6 atom stereocenters. The van der Waals surface area contributed by atoms with Gasteiger partial charge < -0.3 is 20.2 Å². The number of carbonyl (C=O) groups is 2. The number of rotatable bonds is 9. The number of primary amides is 1. The summed E-state index contributed by atoms with van der Waals surface area (Å²) < 4.78 is 1.89. The van der Waals surface area contributed by atoms with Crippen LogP contribution in [0.2, 0.25) is 0 Å². The van der Waals surface area contributed by atoms with Gasteiger partial charge in [-0.1, -0.05) is 43.0 Å². The highest BCUT2D eigenvalue weighted by atomic mass is 16.6. The van der Waals surface area contributed by atoms with E-state index in [0.29, 0.717) is 23.6 Å². The number of aliphatic carboxylic acids is 1. The SMILES string of the molecule is NC(=O)CON=C(CCC(=O)O)c1nc2ccccc2n(C2C[C@H]3CCC[C@@H](C2)N3C2C[C@H]3CCC[C@@H](C2)C3)c1=O. The van der Waals surface area contributed by atoms with Gasteiger partial charge in [0, 0.05) is 30.6 Å². The Labute approximate surface area is 239 Å². The maximum atomic E-state index is 14.2. The summed E-state index contributed by atoms with van der Waals surface area (Å²) in [6.45, 7) is -0.469. The second-order valence-corrected chi connectivity index (χ2v) is 12.6. The molecular formula is C31H41N5O5. The minimum Gasteiger partial charge on any atom is -0.481 e. The lowest BCUT2D eigenvalue weighted by Gasteiger charge is -2.55. The molecular weight excluding hydrogens is 522 g/mol. The van der Waals surface area contributed by atoms with Crippen LogP contribution in [0.25, 0.3) is 11.0 Å². The predicted octanol–water partition coefficient (Wildman–Crippen LogP) is 3.99. The maximum Gasteiger partial charge on any atom is 0.303 e. The number of amides is 1. The molecule has 41 heavy (non-hydrogen) atoms. The van der Waals surface area contributed by atoms with Crippen LogP contribution in [0.4, 0.5) is 0 Å². The molecule has 2 unspecified atom stereocenters. The third kappa shape index (κ3) is 5.89. The van der Waals surface area contributed by atoms with Gasteiger partial charge in [-0.05, 0) is 68.9 Å². The zero-order valence-corrected chi connectivity index (χ0v) is 23.6. The Hall–Kier alpha value is -3.27. The molecule has 1 aromatic carbocycles. The number of hydrogen-bond donors (Lipinski definition) is 2. The molecule has 4 fully saturated rings. The van der Waals surface area contributed by atoms with Crippen LogP contribution in [0.1, 0.15) is 95.2 Å². The van der Waals surface area contributed by atoms with Crippen molar-refractivity contribution in [3.63, 3.8) is 0 Å². The van der Waals surface area contributed by atoms with E-state index in [1.807, 2.05) is 28.8 Å². The van der Waals surface area contributed by atoms with E-state index in [0.717, 1.165) is 43.0 Å². The normalized spacial score (nSPS) is 30.2. The summed E-state index contributed by atoms with van der Waals surface area (Å²) in [5.41, 5.74) is 6.51. The number of hydrogen-bond acceptors (Lipinski definition) is 7. The number of nitrogens with two attached hydrogens (primary N) is 1. The van der Waals surface area contributed by atoms with Gasteiger partial charge in [-0.15, -0.1) is 0 Å². The number of oxime groups is 1. The van der Waals surface area contributed by atoms with Gasteiger partial charge in [0.1, 0.15) is 5.71 Å². The van der Waals surface area contributed by atoms with Crippen molar-refractivity contribution in [2.45, 2.75) is 108 Å². The van der Waals surface area contributed by atoms with Crippen molar-refractivity contribution in [3.8, 4) is 0 Å². The Morgan fingerprint density at radius 3 is 2.29 bits per heavy atom. The number of fused-ring (bicyclic) bond motifs is 5. The smallest absolute Gasteiger partial charge is 0.303 e. The van der Waals surface area contributed by atoms with Crippen LogP contribution in [0.5, 0.6) is 0 Å². The molecule has 10 nitrogen and oxygen atoms in total. The summed E-state index contributed by atoms with van der Waals surface area (Å²) >= 11 is 0. The molecule has 3 heterocycles. The molecule has 0 spiro atoms. The fraction of sp³-hybridized carbons (Fsp3) is 0.645. The van der Waals surface area contributed by atoms with Crippen LogP contribution in [0, 0.1) is 11.8 Å². The summed E-state index contributed by atoms with van der Waals surface area (Å²) in [6, 6.07) is 9.19. The van der Waals surface area contributed by atoms with Gasteiger partial charge in [-0.25, -0.2) is 4.98 Å². The van der Waals surface area contributed by atoms with Gasteiger partial charge in [-0.3, -0.25) is 19.3 Å². The summed E-state index contributed by atoms with van der Waals surface area (Å²) in [4.78, 5) is 49.4. The Balaban J connectivity index is 1.34. The number of carbonyl (C=O) groups excluding carboxylic acids is 1. The van der Waals surface area contributed by atoms with Crippen molar-refractivity contribution in [1.82, 2.24) is 14.5 Å². The molecule has 3 N–H and O–H groups in total. The highest BCUT2D eigenvalue weighted by molar-refractivity contribution is 6.00. The highest BCUT2D eigenvalue weighted by Crippen LogP contribution is 2.47. The summed E-state index contributed by atoms with van der Waals surface area (Å²) in [5, 5.41) is 13.3. The van der Waals surface area contributed by atoms with Crippen molar-refractivity contribution in [2.24, 2.45) is 22.7 Å². The Kier molecular flexibility index (Phi) is 8.10. The van der Waals surface area contributed by atoms with Gasteiger partial charge in [0.25, 0.3) is 11.5 Å². The highest BCUT2D eigenvalue weighted by Gasteiger charge is 2.45. The van der Waals surface area contributed by atoms with Gasteiger partial charge in [0.2, 0.25) is 0 Å². The van der Waals surface area contributed by atoms with E-state index in [9.17, 15) is 19.5 Å². The fourth-order valence-corrected chi connectivity index (χ4v) is 8.45. The van der Waals surface area contributed by atoms with E-state index in [1.54, 1.807) is 0 Å². The monoisotopic (exact) mass is 563 g/mol. The first kappa shape index (κ1) is 27.9. The van der Waals surface area contributed by atoms with E-state index in [4.69, 9.17) is 10.6 Å². The first-order chi connectivity index (χ1) is 19.9. The first-order valence-corrected chi connectivity index (χ1v) is 15.4. The van der Waals surface area contributed by atoms with Gasteiger partial charge >= 0.3 is 5.97 Å². The van der Waals surface area contributed by atoms with Crippen LogP contribution in [0.3, 0.4) is 0 Å². The fourth-order valence-electron chi connectivity index (χ4n) is 8.45. The molecule has 4 bridgehead atoms. The van der Waals surface area contributed by atoms with Crippen LogP contribution < -0.4 is 11.3 Å². The number of piperidine rings is 2. The van der Waals surface area contributed by atoms with Gasteiger partial charge in [-0.2, -0.15) is 0 Å². The topological polar surface area (TPSA) is 140 Å². The number of aromatic nitrogens is 2. The summed E-state index contributed by atoms with van der Waals surface area (Å²) in [7, 11) is 0. The van der Waals surface area contributed by atoms with Crippen LogP contribution in [0.15, 0.2) is 34.2 Å². The van der Waals surface area contributed by atoms with Gasteiger partial charge in [0.15, 0.2) is 12.3 Å². The molecule has 2 aliphatic carbocycles. The van der Waals surface area contributed by atoms with Crippen molar-refractivity contribution < 1.29 is 19.5 Å². The minimum atomic E-state index is -1.03. The second-order valence-electron chi connectivity index (χ2n) is 12.6. The standard InChI is InChI=1S/C31H41N5O5/c32-28(37)18-41-34-26(11-12-29(38)39)30-31(40)36(27-10-2-1-9-25(27)33-30)24-16-21-7-4-8-22(17-24)35(21)23-14-19-5-3-6-20(13-19)15-23/h1-2,9-10,19-24H,3-8,11-18H2,(H2,32,37)(H,38,39)/t19-,20+,21-,22+,23?,24?. The Morgan fingerprint density at radius 2 is 1.61 bits per heavy atom. The summed E-state index contributed by atoms with van der Waals surface area (Å²) in [5.74, 6) is 0.0111. The molecule has 220 valence electrons. The predicted molar refractivity (Wildman–Crippen MR) is 155 cm³/mol. The second kappa shape index (κ2) is 11.9. The number of nitrogens with zero attached hydrogens (tertiary/aromatic N) is 4. The number of carboxylic acids is 1. The molecule has 2 saturated carbocycles. The largest absolute Gasteiger partial charge is 0.481 e. The molecule has 1 aromatic heterocycles. The average molecular weight is 564 g/mol. The lowest BCUT2D eigenvalue weighted by molar-refractivity contribution is -0.136. The molecule has 4 aliphatic rings. The van der Waals surface area contributed by atoms with E-state index in [-0.39, 0.29) is 35.8 Å². The van der Waals surface area contributed by atoms with E-state index in [1.165, 1.54) is 44.9 Å². The first-order valence-electron chi connectivity index (χ1n) is 15.4. The molecule has 2 aromatic rings. The Bertz CT molecular complexity index is 1360. The van der Waals surface area contributed by atoms with Crippen molar-refractivity contribution in [2.75, 3.05) is 6.61 Å². The number of carboxylic acid groups (broad SMARTS) is 1. The van der Waals surface area contributed by atoms with Crippen LogP contribution in [-0.4, -0.2) is 61.9 Å². The van der Waals surface area contributed by atoms with Crippen LogP contribution in [-0.2, 0) is 14.4 Å². The minimum absolute atomic E-state index is 0.0102. The number of para-hydroxylation sites is 2. The molecule has 6 rings (SSSR count). The van der Waals surface area contributed by atoms with E-state index in [2.05, 4.69) is 15.0 Å². The Morgan fingerprint density at radius 1 is 0.927 bits per heavy atom. The van der Waals surface area contributed by atoms with E-state index < -0.39 is 18.5 Å². The van der Waals surface area contributed by atoms with Crippen LogP contribution >= 0.6 is 0 Å². The molecule has 10 heteroatoms. The quantitative estimate of drug-likeness (QED) is 0.347. The molecule has 2 aliphatic heterocycles. The van der Waals surface area contributed by atoms with Crippen molar-refractivity contribution in [1.29, 1.82) is 0 Å². The lowest BCUT2D eigenvalue weighted by Crippen LogP contribution is -2.58. The zero-order chi connectivity index (χ0) is 28.5. The van der Waals surface area contributed by atoms with Crippen molar-refractivity contribution >= 4 is 28.6 Å². The number of benzene rings is 1. The van der Waals surface area contributed by atoms with Gasteiger partial charge in [0.05, 0.1) is 17.5 Å². The third-order valence-electron chi connectivity index (χ3n) is 9.92. The average Bonchev–Trinajstić information content (AvgIpc) is 2.93. The molecule has 0 radical (unpaired) electrons. The van der Waals surface area contributed by atoms with E-state index >= 15 is 0 Å². The summed E-state index contributed by atoms with van der Waals surface area (Å²) in [6.07, 6.45) is 13.3. The third-order valence-corrected chi connectivity index (χ3v) is 9.92. The zero-order valence-electron chi connectivity index (χ0n) is 23.6. The molecule has 1 amide bonds. The maximum absolute atomic E-state index is 14.2. The van der Waals surface area contributed by atoms with Crippen molar-refractivity contribution in [3.05, 3.63) is 40.3 Å².